The molecule has 11 heavy (non-hydrogen) atoms. The van der Waals surface area contributed by atoms with Crippen LogP contribution in [0.1, 0.15) is 24.3 Å². The summed E-state index contributed by atoms with van der Waals surface area (Å²) in [5, 5.41) is 0. The predicted octanol–water partition coefficient (Wildman–Crippen LogP) is 2.93. The molecule has 56 valence electrons. The van der Waals surface area contributed by atoms with Crippen molar-refractivity contribution < 1.29 is 0 Å². The summed E-state index contributed by atoms with van der Waals surface area (Å²) in [6, 6.07) is 10.6. The van der Waals surface area contributed by atoms with Crippen LogP contribution < -0.4 is 0 Å². The Morgan fingerprint density at radius 2 is 1.73 bits per heavy atom. The summed E-state index contributed by atoms with van der Waals surface area (Å²) < 4.78 is 0. The van der Waals surface area contributed by atoms with Gasteiger partial charge in [-0.2, -0.15) is 0 Å². The van der Waals surface area contributed by atoms with Gasteiger partial charge >= 0.3 is 0 Å². The lowest BCUT2D eigenvalue weighted by Gasteiger charge is -2.26. The maximum absolute atomic E-state index is 5.06. The number of hydrogen-bond donors (Lipinski definition) is 0. The Hall–Kier alpha value is -0.690. The van der Waals surface area contributed by atoms with Gasteiger partial charge in [-0.3, -0.25) is 0 Å². The predicted molar refractivity (Wildman–Crippen MR) is 51.0 cm³/mol. The molecule has 1 aromatic rings. The molecule has 0 atom stereocenters. The molecule has 1 fully saturated rings. The summed E-state index contributed by atoms with van der Waals surface area (Å²) in [5.74, 6) is 0.726. The minimum atomic E-state index is 0.726. The second-order valence-electron chi connectivity index (χ2n) is 3.05. The average molecular weight is 162 g/mol. The van der Waals surface area contributed by atoms with Crippen molar-refractivity contribution >= 4 is 17.1 Å². The van der Waals surface area contributed by atoms with Gasteiger partial charge in [0.2, 0.25) is 0 Å². The lowest BCUT2D eigenvalue weighted by Crippen LogP contribution is -2.19. The van der Waals surface area contributed by atoms with Gasteiger partial charge in [-0.05, 0) is 29.2 Å². The largest absolute Gasteiger partial charge is 0.0896 e. The molecule has 1 heteroatoms. The topological polar surface area (TPSA) is 0 Å². The maximum Gasteiger partial charge on any atom is -0.00591 e. The van der Waals surface area contributed by atoms with Crippen LogP contribution in [0.25, 0.3) is 0 Å². The SMILES string of the molecule is S=C1CC(c2ccccc2)C1. The van der Waals surface area contributed by atoms with E-state index in [1.165, 1.54) is 10.4 Å². The van der Waals surface area contributed by atoms with Gasteiger partial charge < -0.3 is 0 Å². The molecule has 0 N–H and O–H groups in total. The molecule has 1 aromatic carbocycles. The first-order valence-electron chi connectivity index (χ1n) is 3.93. The van der Waals surface area contributed by atoms with Crippen molar-refractivity contribution in [3.8, 4) is 0 Å². The molecule has 0 unspecified atom stereocenters. The van der Waals surface area contributed by atoms with Gasteiger partial charge in [0.05, 0.1) is 0 Å². The fourth-order valence-electron chi connectivity index (χ4n) is 1.45. The van der Waals surface area contributed by atoms with Crippen LogP contribution in [0.3, 0.4) is 0 Å². The van der Waals surface area contributed by atoms with Crippen LogP contribution in [0.5, 0.6) is 0 Å². The Bertz CT molecular complexity index is 255. The van der Waals surface area contributed by atoms with Gasteiger partial charge in [0.15, 0.2) is 0 Å². The molecular formula is C10H10S. The molecular weight excluding hydrogens is 152 g/mol. The van der Waals surface area contributed by atoms with Crippen molar-refractivity contribution in [2.24, 2.45) is 0 Å². The molecule has 0 heterocycles. The number of thiocarbonyl (C=S) groups is 1. The zero-order valence-corrected chi connectivity index (χ0v) is 7.10. The minimum absolute atomic E-state index is 0.726. The molecule has 0 aliphatic heterocycles. The fraction of sp³-hybridized carbons (Fsp3) is 0.300. The molecule has 0 saturated heterocycles. The van der Waals surface area contributed by atoms with Gasteiger partial charge in [0.1, 0.15) is 0 Å². The second-order valence-corrected chi connectivity index (χ2v) is 3.63. The number of hydrogen-bond acceptors (Lipinski definition) is 1. The third-order valence-corrected chi connectivity index (χ3v) is 2.55. The summed E-state index contributed by atoms with van der Waals surface area (Å²) in [6.45, 7) is 0. The second kappa shape index (κ2) is 2.74. The molecule has 1 aliphatic carbocycles. The summed E-state index contributed by atoms with van der Waals surface area (Å²) in [6.07, 6.45) is 2.25. The molecule has 1 aliphatic rings. The van der Waals surface area contributed by atoms with E-state index >= 15 is 0 Å². The first-order chi connectivity index (χ1) is 5.36. The van der Waals surface area contributed by atoms with Crippen molar-refractivity contribution in [3.63, 3.8) is 0 Å². The van der Waals surface area contributed by atoms with Crippen molar-refractivity contribution in [3.05, 3.63) is 35.9 Å². The lowest BCUT2D eigenvalue weighted by atomic mass is 9.80. The Morgan fingerprint density at radius 1 is 1.09 bits per heavy atom. The van der Waals surface area contributed by atoms with Crippen LogP contribution in [-0.2, 0) is 0 Å². The zero-order chi connectivity index (χ0) is 7.68. The minimum Gasteiger partial charge on any atom is -0.0896 e. The number of rotatable bonds is 1. The van der Waals surface area contributed by atoms with Gasteiger partial charge in [0.25, 0.3) is 0 Å². The summed E-state index contributed by atoms with van der Waals surface area (Å²) in [7, 11) is 0. The van der Waals surface area contributed by atoms with E-state index in [0.717, 1.165) is 18.8 Å². The Balaban J connectivity index is 2.13. The molecule has 0 radical (unpaired) electrons. The van der Waals surface area contributed by atoms with E-state index in [2.05, 4.69) is 30.3 Å². The summed E-state index contributed by atoms with van der Waals surface area (Å²) >= 11 is 5.06. The van der Waals surface area contributed by atoms with E-state index in [1.807, 2.05) is 0 Å². The first-order valence-corrected chi connectivity index (χ1v) is 4.34. The Morgan fingerprint density at radius 3 is 2.27 bits per heavy atom. The van der Waals surface area contributed by atoms with Crippen molar-refractivity contribution in [2.45, 2.75) is 18.8 Å². The van der Waals surface area contributed by atoms with Crippen LogP contribution >= 0.6 is 12.2 Å². The highest BCUT2D eigenvalue weighted by atomic mass is 32.1. The highest BCUT2D eigenvalue weighted by molar-refractivity contribution is 7.80. The van der Waals surface area contributed by atoms with E-state index in [9.17, 15) is 0 Å². The molecule has 0 bridgehead atoms. The van der Waals surface area contributed by atoms with Crippen LogP contribution in [0.4, 0.5) is 0 Å². The third kappa shape index (κ3) is 1.33. The van der Waals surface area contributed by atoms with Crippen molar-refractivity contribution in [1.29, 1.82) is 0 Å². The van der Waals surface area contributed by atoms with E-state index in [-0.39, 0.29) is 0 Å². The molecule has 1 saturated carbocycles. The summed E-state index contributed by atoms with van der Waals surface area (Å²) in [5.41, 5.74) is 1.45. The van der Waals surface area contributed by atoms with Gasteiger partial charge in [-0.15, -0.1) is 0 Å². The quantitative estimate of drug-likeness (QED) is 0.572. The number of benzene rings is 1. The first kappa shape index (κ1) is 6.99. The third-order valence-electron chi connectivity index (χ3n) is 2.22. The lowest BCUT2D eigenvalue weighted by molar-refractivity contribution is 0.674. The maximum atomic E-state index is 5.06. The van der Waals surface area contributed by atoms with Crippen LogP contribution in [-0.4, -0.2) is 4.86 Å². The van der Waals surface area contributed by atoms with E-state index < -0.39 is 0 Å². The van der Waals surface area contributed by atoms with Gasteiger partial charge in [-0.25, -0.2) is 0 Å². The molecule has 2 rings (SSSR count). The van der Waals surface area contributed by atoms with Crippen molar-refractivity contribution in [2.75, 3.05) is 0 Å². The van der Waals surface area contributed by atoms with Crippen LogP contribution in [0.2, 0.25) is 0 Å². The highest BCUT2D eigenvalue weighted by Crippen LogP contribution is 2.34. The van der Waals surface area contributed by atoms with Crippen molar-refractivity contribution in [1.82, 2.24) is 0 Å². The van der Waals surface area contributed by atoms with Gasteiger partial charge in [0, 0.05) is 0 Å². The monoisotopic (exact) mass is 162 g/mol. The van der Waals surface area contributed by atoms with Crippen LogP contribution in [0.15, 0.2) is 30.3 Å². The average Bonchev–Trinajstić information content (AvgIpc) is 2.01. The molecule has 0 aromatic heterocycles. The Labute approximate surface area is 72.2 Å². The van der Waals surface area contributed by atoms with E-state index in [4.69, 9.17) is 12.2 Å². The summed E-state index contributed by atoms with van der Waals surface area (Å²) in [4.78, 5) is 1.24. The van der Waals surface area contributed by atoms with E-state index in [0.29, 0.717) is 0 Å². The molecule has 0 amide bonds. The zero-order valence-electron chi connectivity index (χ0n) is 6.29. The Kier molecular flexibility index (Phi) is 1.74. The molecule has 0 spiro atoms. The normalized spacial score (nSPS) is 18.0. The fourth-order valence-corrected chi connectivity index (χ4v) is 1.85. The highest BCUT2D eigenvalue weighted by Gasteiger charge is 2.23. The van der Waals surface area contributed by atoms with E-state index in [1.54, 1.807) is 0 Å². The molecule has 0 nitrogen and oxygen atoms in total. The standard InChI is InChI=1S/C10H10S/c11-10-6-9(7-10)8-4-2-1-3-5-8/h1-5,9H,6-7H2. The van der Waals surface area contributed by atoms with Gasteiger partial charge in [-0.1, -0.05) is 42.5 Å². The smallest absolute Gasteiger partial charge is 0.00591 e. The van der Waals surface area contributed by atoms with Crippen LogP contribution in [0, 0.1) is 0 Å².